The SMILES string of the molecule is CC[C@H](C)[C@@H]([C@@H](CC(=O)N1CCC[C@H]1[C@H](OC)[C@@H](C)C(=O)C[C@@H](Cc1ccccc1)C(=O)O)OC)N(C)C(=O)[C@@H](CC(=O)[C@H](C(C)C)N(C)C(=O)OCc1ccc(NC(=O)[C@H](CCCNC(N)=O)CC(=O)[C@@H](NC(=O)CCCCCN2C(=O)C=CC2=O)C(C)C)cc1)C(C)C. The van der Waals surface area contributed by atoms with Crippen LogP contribution in [0.4, 0.5) is 15.3 Å². The number of aliphatic carboxylic acids is 1. The van der Waals surface area contributed by atoms with E-state index in [2.05, 4.69) is 16.0 Å². The first kappa shape index (κ1) is 79.6. The standard InChI is InChI=1S/C71H106N8O16/c1-14-46(8)65(58(93-12)41-62(86)78-36-22-26-54(78)66(94-13)47(9)55(80)39-51(69(89)90)37-48-23-17-15-18-24-48)76(10)68(88)53(43(2)3)40-57(82)64(45(6)7)77(11)71(92)95-42-49-28-30-52(31-29-49)74-67(87)50(25-21-34-73-70(72)91)38-56(81)63(44(4)5)75-59(83)27-19-16-20-35-79-60(84)32-33-61(79)85/h15,17-18,23-24,28-33,43-47,50-51,53-54,58,63-66H,14,16,19-22,25-27,34-42H2,1-13H3,(H,74,87)(H,75,83)(H,89,90)(H3,72,73,91)/t46-,47-,50+,51+,53-,54-,58+,63-,64-,65-,66+/m0/s1. The van der Waals surface area contributed by atoms with Crippen LogP contribution in [0.15, 0.2) is 66.7 Å². The molecule has 0 aliphatic carbocycles. The number of anilines is 1. The lowest BCUT2D eigenvalue weighted by molar-refractivity contribution is -0.149. The van der Waals surface area contributed by atoms with Gasteiger partial charge in [-0.3, -0.25) is 52.8 Å². The largest absolute Gasteiger partial charge is 0.481 e. The zero-order valence-electron chi connectivity index (χ0n) is 58.1. The van der Waals surface area contributed by atoms with Crippen LogP contribution >= 0.6 is 0 Å². The zero-order chi connectivity index (χ0) is 70.8. The van der Waals surface area contributed by atoms with Crippen LogP contribution < -0.4 is 21.7 Å². The molecule has 2 aliphatic rings. The molecule has 95 heavy (non-hydrogen) atoms. The number of nitrogens with zero attached hydrogens (tertiary/aromatic N) is 4. The number of benzene rings is 2. The van der Waals surface area contributed by atoms with Crippen molar-refractivity contribution in [1.29, 1.82) is 0 Å². The van der Waals surface area contributed by atoms with Crippen molar-refractivity contribution in [1.82, 2.24) is 30.2 Å². The molecule has 0 spiro atoms. The van der Waals surface area contributed by atoms with E-state index in [4.69, 9.17) is 19.9 Å². The number of urea groups is 1. The summed E-state index contributed by atoms with van der Waals surface area (Å²) >= 11 is 0. The van der Waals surface area contributed by atoms with Gasteiger partial charge in [0.2, 0.25) is 23.6 Å². The summed E-state index contributed by atoms with van der Waals surface area (Å²) in [6.07, 6.45) is 3.67. The van der Waals surface area contributed by atoms with Crippen molar-refractivity contribution in [2.75, 3.05) is 53.3 Å². The average molecular weight is 1330 g/mol. The molecule has 24 nitrogen and oxygen atoms in total. The summed E-state index contributed by atoms with van der Waals surface area (Å²) in [6.45, 7) is 17.2. The van der Waals surface area contributed by atoms with E-state index in [-0.39, 0.29) is 129 Å². The molecular formula is C71H106N8O16. The Labute approximate surface area is 560 Å². The molecule has 0 unspecified atom stereocenters. The fraction of sp³-hybridized carbons (Fsp3) is 0.634. The number of ketones is 3. The highest BCUT2D eigenvalue weighted by Gasteiger charge is 2.44. The highest BCUT2D eigenvalue weighted by Crippen LogP contribution is 2.33. The molecule has 4 rings (SSSR count). The van der Waals surface area contributed by atoms with Gasteiger partial charge in [-0.15, -0.1) is 0 Å². The number of hydrogen-bond donors (Lipinski definition) is 5. The van der Waals surface area contributed by atoms with E-state index < -0.39 is 90.0 Å². The van der Waals surface area contributed by atoms with Gasteiger partial charge in [0.15, 0.2) is 11.6 Å². The summed E-state index contributed by atoms with van der Waals surface area (Å²) in [6, 6.07) is 11.9. The number of likely N-dealkylation sites (N-methyl/N-ethyl adjacent to an activating group) is 2. The molecule has 0 bridgehead atoms. The van der Waals surface area contributed by atoms with Crippen LogP contribution in [0, 0.1) is 47.3 Å². The number of primary amides is 1. The van der Waals surface area contributed by atoms with Gasteiger partial charge in [0.25, 0.3) is 11.8 Å². The highest BCUT2D eigenvalue weighted by atomic mass is 16.6. The summed E-state index contributed by atoms with van der Waals surface area (Å²) in [5.41, 5.74) is 7.00. The number of unbranched alkanes of at least 4 members (excludes halogenated alkanes) is 2. The van der Waals surface area contributed by atoms with Crippen molar-refractivity contribution in [3.63, 3.8) is 0 Å². The lowest BCUT2D eigenvalue weighted by Gasteiger charge is -2.41. The molecule has 526 valence electrons. The number of rotatable bonds is 42. The third-order valence-corrected chi connectivity index (χ3v) is 18.6. The van der Waals surface area contributed by atoms with Crippen molar-refractivity contribution in [3.05, 3.63) is 77.9 Å². The van der Waals surface area contributed by atoms with Gasteiger partial charge in [-0.1, -0.05) is 118 Å². The number of imide groups is 1. The van der Waals surface area contributed by atoms with Crippen molar-refractivity contribution in [2.45, 2.75) is 195 Å². The number of carbonyl (C=O) groups is 12. The third-order valence-electron chi connectivity index (χ3n) is 18.6. The Morgan fingerprint density at radius 3 is 1.93 bits per heavy atom. The Hall–Kier alpha value is -7.86. The van der Waals surface area contributed by atoms with Crippen LogP contribution in [-0.2, 0) is 75.2 Å². The van der Waals surface area contributed by atoms with E-state index in [9.17, 15) is 62.6 Å². The van der Waals surface area contributed by atoms with Gasteiger partial charge in [0.1, 0.15) is 12.4 Å². The Morgan fingerprint density at radius 1 is 0.716 bits per heavy atom. The van der Waals surface area contributed by atoms with Crippen molar-refractivity contribution >= 4 is 76.6 Å². The van der Waals surface area contributed by atoms with Gasteiger partial charge in [0.05, 0.1) is 48.7 Å². The summed E-state index contributed by atoms with van der Waals surface area (Å²) < 4.78 is 17.8. The second kappa shape index (κ2) is 39.2. The number of nitrogens with two attached hydrogens (primary N) is 1. The maximum Gasteiger partial charge on any atom is 0.410 e. The molecular weight excluding hydrogens is 1220 g/mol. The first-order valence-corrected chi connectivity index (χ1v) is 33.6. The lowest BCUT2D eigenvalue weighted by atomic mass is 9.83. The number of Topliss-reactive ketones (excluding diaryl/α,β-unsaturated/α-hetero) is 3. The van der Waals surface area contributed by atoms with Crippen molar-refractivity contribution in [2.24, 2.45) is 53.1 Å². The minimum absolute atomic E-state index is 0.0979. The first-order chi connectivity index (χ1) is 44.9. The summed E-state index contributed by atoms with van der Waals surface area (Å²) in [5, 5.41) is 18.3. The van der Waals surface area contributed by atoms with Gasteiger partial charge in [0, 0.05) is 109 Å². The molecule has 11 atom stereocenters. The molecule has 2 heterocycles. The molecule has 2 aromatic carbocycles. The van der Waals surface area contributed by atoms with E-state index in [1.807, 2.05) is 58.0 Å². The second-order valence-corrected chi connectivity index (χ2v) is 26.6. The summed E-state index contributed by atoms with van der Waals surface area (Å²) in [4.78, 5) is 165. The molecule has 0 radical (unpaired) electrons. The first-order valence-electron chi connectivity index (χ1n) is 33.6. The van der Waals surface area contributed by atoms with E-state index in [1.54, 1.807) is 75.7 Å². The van der Waals surface area contributed by atoms with E-state index in [1.165, 1.54) is 38.3 Å². The number of amides is 9. The van der Waals surface area contributed by atoms with Crippen molar-refractivity contribution < 1.29 is 76.9 Å². The molecule has 24 heteroatoms. The molecule has 0 aromatic heterocycles. The Balaban J connectivity index is 1.38. The number of carbonyl (C=O) groups excluding carboxylic acids is 11. The maximum atomic E-state index is 14.9. The molecule has 1 saturated heterocycles. The van der Waals surface area contributed by atoms with Gasteiger partial charge < -0.3 is 55.7 Å². The normalized spacial score (nSPS) is 17.1. The molecule has 2 aliphatic heterocycles. The van der Waals surface area contributed by atoms with E-state index >= 15 is 0 Å². The van der Waals surface area contributed by atoms with Gasteiger partial charge in [-0.2, -0.15) is 0 Å². The van der Waals surface area contributed by atoms with Crippen LogP contribution in [-0.4, -0.2) is 180 Å². The molecule has 1 fully saturated rings. The van der Waals surface area contributed by atoms with Crippen LogP contribution in [0.25, 0.3) is 0 Å². The number of carboxylic acids is 1. The van der Waals surface area contributed by atoms with Crippen LogP contribution in [0.5, 0.6) is 0 Å². The predicted molar refractivity (Wildman–Crippen MR) is 358 cm³/mol. The Morgan fingerprint density at radius 2 is 1.36 bits per heavy atom. The predicted octanol–water partition coefficient (Wildman–Crippen LogP) is 7.92. The zero-order valence-corrected chi connectivity index (χ0v) is 58.1. The average Bonchev–Trinajstić information content (AvgIpc) is 1.81. The van der Waals surface area contributed by atoms with Crippen LogP contribution in [0.1, 0.15) is 157 Å². The fourth-order valence-corrected chi connectivity index (χ4v) is 12.9. The maximum absolute atomic E-state index is 14.9. The number of methoxy groups -OCH3 is 2. The molecule has 2 aromatic rings. The van der Waals surface area contributed by atoms with Gasteiger partial charge >= 0.3 is 18.1 Å². The molecule has 6 N–H and O–H groups in total. The monoisotopic (exact) mass is 1330 g/mol. The minimum atomic E-state index is -1.07. The number of likely N-dealkylation sites (tertiary alicyclic amines) is 1. The van der Waals surface area contributed by atoms with Crippen LogP contribution in [0.2, 0.25) is 0 Å². The smallest absolute Gasteiger partial charge is 0.410 e. The number of nitrogens with one attached hydrogen (secondary N) is 3. The quantitative estimate of drug-likeness (QED) is 0.0311. The van der Waals surface area contributed by atoms with Crippen molar-refractivity contribution in [3.8, 4) is 0 Å². The lowest BCUT2D eigenvalue weighted by Crippen LogP contribution is -2.54. The third kappa shape index (κ3) is 24.1. The summed E-state index contributed by atoms with van der Waals surface area (Å²) in [5.74, 6) is -8.72. The van der Waals surface area contributed by atoms with Gasteiger partial charge in [-0.25, -0.2) is 9.59 Å². The summed E-state index contributed by atoms with van der Waals surface area (Å²) in [7, 11) is 6.12. The van der Waals surface area contributed by atoms with Gasteiger partial charge in [-0.05, 0) is 91.9 Å². The highest BCUT2D eigenvalue weighted by molar-refractivity contribution is 6.12. The number of carboxylic acid groups (broad SMARTS) is 1. The number of hydrogen-bond acceptors (Lipinski definition) is 15. The molecule has 0 saturated carbocycles. The Bertz CT molecular complexity index is 2940. The molecule has 9 amide bonds. The number of ether oxygens (including phenoxy) is 3. The van der Waals surface area contributed by atoms with E-state index in [0.717, 1.165) is 10.5 Å². The minimum Gasteiger partial charge on any atom is -0.481 e. The van der Waals surface area contributed by atoms with Crippen LogP contribution in [0.3, 0.4) is 0 Å². The second-order valence-electron chi connectivity index (χ2n) is 26.6. The van der Waals surface area contributed by atoms with E-state index in [0.29, 0.717) is 62.7 Å². The topological polar surface area (TPSA) is 328 Å². The fourth-order valence-electron chi connectivity index (χ4n) is 12.9. The Kier molecular flexibility index (Phi) is 32.9.